The molecule has 1 N–H and O–H groups in total. The van der Waals surface area contributed by atoms with Gasteiger partial charge in [0.25, 0.3) is 0 Å². The number of ether oxygens (including phenoxy) is 2. The molecular formula is C17H21F2NO5. The summed E-state index contributed by atoms with van der Waals surface area (Å²) >= 11 is 0. The van der Waals surface area contributed by atoms with Crippen LogP contribution >= 0.6 is 0 Å². The van der Waals surface area contributed by atoms with Crippen LogP contribution in [0.3, 0.4) is 0 Å². The second kappa shape index (κ2) is 6.25. The van der Waals surface area contributed by atoms with E-state index in [-0.39, 0.29) is 5.56 Å². The molecule has 0 unspecified atom stereocenters. The summed E-state index contributed by atoms with van der Waals surface area (Å²) in [6.07, 6.45) is -2.38. The molecule has 1 aromatic rings. The Hall–Kier alpha value is -2.22. The van der Waals surface area contributed by atoms with Crippen molar-refractivity contribution in [2.45, 2.75) is 58.1 Å². The number of hydrogen-bond acceptors (Lipinski definition) is 4. The summed E-state index contributed by atoms with van der Waals surface area (Å²) in [4.78, 5) is 25.3. The number of nitrogens with zero attached hydrogens (tertiary/aromatic N) is 1. The molecule has 1 fully saturated rings. The number of aliphatic carboxylic acids is 1. The fraction of sp³-hybridized carbons (Fsp3) is 0.529. The highest BCUT2D eigenvalue weighted by atomic mass is 19.1. The smallest absolute Gasteiger partial charge is 0.413 e. The van der Waals surface area contributed by atoms with Gasteiger partial charge in [0, 0.05) is 11.6 Å². The highest BCUT2D eigenvalue weighted by molar-refractivity contribution is 5.78. The summed E-state index contributed by atoms with van der Waals surface area (Å²) in [6, 6.07) is 1.43. The van der Waals surface area contributed by atoms with Crippen molar-refractivity contribution in [3.8, 4) is 0 Å². The lowest BCUT2D eigenvalue weighted by molar-refractivity contribution is -0.155. The Morgan fingerprint density at radius 1 is 1.28 bits per heavy atom. The van der Waals surface area contributed by atoms with Crippen molar-refractivity contribution in [3.63, 3.8) is 0 Å². The maximum Gasteiger partial charge on any atom is 0.413 e. The minimum atomic E-state index is -1.53. The van der Waals surface area contributed by atoms with Gasteiger partial charge in [0.1, 0.15) is 29.0 Å². The number of carboxylic acids is 1. The number of carboxylic acid groups (broad SMARTS) is 1. The molecular weight excluding hydrogens is 336 g/mol. The number of halogens is 2. The van der Waals surface area contributed by atoms with Crippen LogP contribution < -0.4 is 0 Å². The fourth-order valence-electron chi connectivity index (χ4n) is 2.78. The monoisotopic (exact) mass is 357 g/mol. The lowest BCUT2D eigenvalue weighted by Gasteiger charge is -2.35. The maximum absolute atomic E-state index is 14.3. The molecule has 2 atom stereocenters. The molecule has 8 heteroatoms. The molecule has 1 saturated heterocycles. The van der Waals surface area contributed by atoms with Crippen molar-refractivity contribution in [2.24, 2.45) is 0 Å². The molecule has 1 aliphatic heterocycles. The van der Waals surface area contributed by atoms with E-state index in [2.05, 4.69) is 0 Å². The molecule has 0 radical (unpaired) electrons. The van der Waals surface area contributed by atoms with E-state index in [1.54, 1.807) is 20.8 Å². The van der Waals surface area contributed by atoms with Crippen LogP contribution in [0.1, 0.15) is 46.2 Å². The van der Waals surface area contributed by atoms with Crippen LogP contribution in [0.2, 0.25) is 0 Å². The van der Waals surface area contributed by atoms with E-state index in [4.69, 9.17) is 9.47 Å². The van der Waals surface area contributed by atoms with E-state index < -0.39 is 47.2 Å². The molecule has 2 rings (SSSR count). The van der Waals surface area contributed by atoms with Crippen LogP contribution in [-0.2, 0) is 14.3 Å². The molecule has 1 aliphatic rings. The summed E-state index contributed by atoms with van der Waals surface area (Å²) in [6.45, 7) is 7.91. The molecule has 0 aliphatic carbocycles. The topological polar surface area (TPSA) is 76.1 Å². The first-order valence-corrected chi connectivity index (χ1v) is 7.71. The molecule has 1 aromatic carbocycles. The SMILES string of the molecule is CC(C)(C)OC(=O)N1[C@@H](c2ccc(F)cc2F)[C@H](C(=O)O)OC1(C)C. The Kier molecular flexibility index (Phi) is 4.78. The van der Waals surface area contributed by atoms with E-state index in [0.717, 1.165) is 17.0 Å². The predicted molar refractivity (Wildman–Crippen MR) is 83.8 cm³/mol. The first-order valence-electron chi connectivity index (χ1n) is 7.71. The Bertz CT molecular complexity index is 699. The zero-order valence-electron chi connectivity index (χ0n) is 14.7. The van der Waals surface area contributed by atoms with Gasteiger partial charge in [0.15, 0.2) is 6.10 Å². The number of rotatable bonds is 2. The lowest BCUT2D eigenvalue weighted by Crippen LogP contribution is -2.47. The average Bonchev–Trinajstić information content (AvgIpc) is 2.68. The minimum absolute atomic E-state index is 0.162. The normalized spacial score (nSPS) is 22.8. The zero-order valence-corrected chi connectivity index (χ0v) is 14.7. The molecule has 138 valence electrons. The highest BCUT2D eigenvalue weighted by Crippen LogP contribution is 2.43. The third-order valence-corrected chi connectivity index (χ3v) is 3.68. The van der Waals surface area contributed by atoms with E-state index in [0.29, 0.717) is 6.07 Å². The van der Waals surface area contributed by atoms with Gasteiger partial charge in [-0.2, -0.15) is 0 Å². The second-order valence-corrected chi connectivity index (χ2v) is 7.28. The Balaban J connectivity index is 2.55. The fourth-order valence-corrected chi connectivity index (χ4v) is 2.78. The van der Waals surface area contributed by atoms with Crippen molar-refractivity contribution in [2.75, 3.05) is 0 Å². The number of benzene rings is 1. The van der Waals surface area contributed by atoms with Gasteiger partial charge in [0.05, 0.1) is 0 Å². The van der Waals surface area contributed by atoms with Crippen molar-refractivity contribution in [3.05, 3.63) is 35.4 Å². The van der Waals surface area contributed by atoms with E-state index in [1.165, 1.54) is 13.8 Å². The number of carbonyl (C=O) groups is 2. The van der Waals surface area contributed by atoms with Crippen LogP contribution in [0.25, 0.3) is 0 Å². The molecule has 0 spiro atoms. The van der Waals surface area contributed by atoms with Gasteiger partial charge in [-0.25, -0.2) is 18.4 Å². The van der Waals surface area contributed by atoms with Gasteiger partial charge < -0.3 is 14.6 Å². The molecule has 6 nitrogen and oxygen atoms in total. The molecule has 1 heterocycles. The average molecular weight is 357 g/mol. The van der Waals surface area contributed by atoms with Gasteiger partial charge in [0.2, 0.25) is 0 Å². The van der Waals surface area contributed by atoms with Crippen molar-refractivity contribution in [1.29, 1.82) is 0 Å². The molecule has 0 bridgehead atoms. The van der Waals surface area contributed by atoms with Crippen molar-refractivity contribution >= 4 is 12.1 Å². The van der Waals surface area contributed by atoms with Gasteiger partial charge >= 0.3 is 12.1 Å². The van der Waals surface area contributed by atoms with Crippen molar-refractivity contribution < 1.29 is 33.0 Å². The van der Waals surface area contributed by atoms with Crippen LogP contribution in [0.15, 0.2) is 18.2 Å². The Labute approximate surface area is 144 Å². The zero-order chi connectivity index (χ0) is 19.2. The first-order chi connectivity index (χ1) is 11.3. The lowest BCUT2D eigenvalue weighted by atomic mass is 9.99. The minimum Gasteiger partial charge on any atom is -0.479 e. The third-order valence-electron chi connectivity index (χ3n) is 3.68. The summed E-state index contributed by atoms with van der Waals surface area (Å²) < 4.78 is 38.3. The largest absolute Gasteiger partial charge is 0.479 e. The van der Waals surface area contributed by atoms with Gasteiger partial charge in [-0.3, -0.25) is 4.90 Å². The van der Waals surface area contributed by atoms with Crippen LogP contribution in [0, 0.1) is 11.6 Å². The highest BCUT2D eigenvalue weighted by Gasteiger charge is 2.55. The summed E-state index contributed by atoms with van der Waals surface area (Å²) in [5.41, 5.74) is -2.37. The Morgan fingerprint density at radius 2 is 1.88 bits per heavy atom. The molecule has 0 saturated carbocycles. The van der Waals surface area contributed by atoms with Crippen LogP contribution in [-0.4, -0.2) is 39.5 Å². The predicted octanol–water partition coefficient (Wildman–Crippen LogP) is 3.46. The van der Waals surface area contributed by atoms with Crippen LogP contribution in [0.5, 0.6) is 0 Å². The standard InChI is InChI=1S/C17H21F2NO5/c1-16(2,3)25-15(23)20-12(10-7-6-9(18)8-11(10)19)13(14(21)22)24-17(20,4)5/h6-8,12-13H,1-5H3,(H,21,22)/t12-,13+/m0/s1. The first kappa shape index (κ1) is 19.1. The quantitative estimate of drug-likeness (QED) is 0.877. The van der Waals surface area contributed by atoms with Gasteiger partial charge in [-0.15, -0.1) is 0 Å². The second-order valence-electron chi connectivity index (χ2n) is 7.28. The van der Waals surface area contributed by atoms with Gasteiger partial charge in [-0.1, -0.05) is 6.07 Å². The molecule has 0 aromatic heterocycles. The summed E-state index contributed by atoms with van der Waals surface area (Å²) in [5.74, 6) is -3.14. The molecule has 25 heavy (non-hydrogen) atoms. The maximum atomic E-state index is 14.3. The van der Waals surface area contributed by atoms with Crippen LogP contribution in [0.4, 0.5) is 13.6 Å². The Morgan fingerprint density at radius 3 is 2.36 bits per heavy atom. The number of carbonyl (C=O) groups excluding carboxylic acids is 1. The third kappa shape index (κ3) is 3.89. The van der Waals surface area contributed by atoms with Gasteiger partial charge in [-0.05, 0) is 40.7 Å². The van der Waals surface area contributed by atoms with E-state index in [9.17, 15) is 23.5 Å². The van der Waals surface area contributed by atoms with E-state index >= 15 is 0 Å². The summed E-state index contributed by atoms with van der Waals surface area (Å²) in [7, 11) is 0. The van der Waals surface area contributed by atoms with E-state index in [1.807, 2.05) is 0 Å². The molecule has 1 amide bonds. The summed E-state index contributed by atoms with van der Waals surface area (Å²) in [5, 5.41) is 9.45. The van der Waals surface area contributed by atoms with Crippen molar-refractivity contribution in [1.82, 2.24) is 4.90 Å². The number of amides is 1. The number of hydrogen-bond donors (Lipinski definition) is 1.